The van der Waals surface area contributed by atoms with E-state index < -0.39 is 5.92 Å². The predicted octanol–water partition coefficient (Wildman–Crippen LogP) is 4.05. The van der Waals surface area contributed by atoms with Crippen molar-refractivity contribution < 1.29 is 8.78 Å². The monoisotopic (exact) mass is 273 g/mol. The summed E-state index contributed by atoms with van der Waals surface area (Å²) < 4.78 is 26.6. The molecule has 0 heterocycles. The molecule has 0 bridgehead atoms. The summed E-state index contributed by atoms with van der Waals surface area (Å²) >= 11 is 6.32. The fourth-order valence-corrected chi connectivity index (χ4v) is 3.06. The first-order valence-electron chi connectivity index (χ1n) is 6.24. The van der Waals surface area contributed by atoms with Gasteiger partial charge in [0.05, 0.1) is 0 Å². The van der Waals surface area contributed by atoms with Crippen LogP contribution >= 0.6 is 11.6 Å². The van der Waals surface area contributed by atoms with Gasteiger partial charge >= 0.3 is 0 Å². The largest absolute Gasteiger partial charge is 0.330 e. The van der Waals surface area contributed by atoms with Gasteiger partial charge in [0.2, 0.25) is 5.92 Å². The smallest absolute Gasteiger partial charge is 0.248 e. The van der Waals surface area contributed by atoms with Gasteiger partial charge in [-0.15, -0.1) is 0 Å². The molecule has 0 spiro atoms. The van der Waals surface area contributed by atoms with Crippen molar-refractivity contribution in [1.29, 1.82) is 0 Å². The fourth-order valence-electron chi connectivity index (χ4n) is 2.73. The summed E-state index contributed by atoms with van der Waals surface area (Å²) in [4.78, 5) is 0. The van der Waals surface area contributed by atoms with Crippen molar-refractivity contribution in [3.8, 4) is 0 Å². The van der Waals surface area contributed by atoms with Crippen LogP contribution in [-0.2, 0) is 5.41 Å². The molecule has 1 aliphatic rings. The first-order valence-corrected chi connectivity index (χ1v) is 6.61. The predicted molar refractivity (Wildman–Crippen MR) is 70.3 cm³/mol. The number of alkyl halides is 2. The number of rotatable bonds is 2. The maximum atomic E-state index is 13.3. The number of hydrogen-bond donors (Lipinski definition) is 1. The molecule has 1 aromatic rings. The molecule has 0 saturated heterocycles. The van der Waals surface area contributed by atoms with Crippen molar-refractivity contribution in [1.82, 2.24) is 0 Å². The van der Waals surface area contributed by atoms with Gasteiger partial charge in [0.1, 0.15) is 0 Å². The number of hydrogen-bond acceptors (Lipinski definition) is 1. The van der Waals surface area contributed by atoms with E-state index in [9.17, 15) is 8.78 Å². The van der Waals surface area contributed by atoms with Crippen LogP contribution in [0.15, 0.2) is 18.2 Å². The van der Waals surface area contributed by atoms with Crippen LogP contribution in [-0.4, -0.2) is 12.5 Å². The van der Waals surface area contributed by atoms with Crippen LogP contribution in [0, 0.1) is 6.92 Å². The molecule has 100 valence electrons. The van der Waals surface area contributed by atoms with E-state index in [2.05, 4.69) is 0 Å². The standard InChI is InChI=1S/C14H18ClF2N/c1-10-3-2-4-11(12(10)15)13(9-18)5-7-14(16,17)8-6-13/h2-4H,5-9,18H2,1H3. The van der Waals surface area contributed by atoms with Gasteiger partial charge in [-0.05, 0) is 30.9 Å². The summed E-state index contributed by atoms with van der Waals surface area (Å²) in [6.45, 7) is 2.29. The normalized spacial score (nSPS) is 21.8. The van der Waals surface area contributed by atoms with Gasteiger partial charge in [0, 0.05) is 29.8 Å². The highest BCUT2D eigenvalue weighted by atomic mass is 35.5. The van der Waals surface area contributed by atoms with Crippen LogP contribution in [0.25, 0.3) is 0 Å². The zero-order valence-electron chi connectivity index (χ0n) is 10.5. The van der Waals surface area contributed by atoms with Crippen molar-refractivity contribution in [3.63, 3.8) is 0 Å². The summed E-state index contributed by atoms with van der Waals surface area (Å²) in [5.74, 6) is -2.55. The van der Waals surface area contributed by atoms with Crippen molar-refractivity contribution in [2.24, 2.45) is 5.73 Å². The molecule has 1 aliphatic carbocycles. The first kappa shape index (κ1) is 13.8. The second kappa shape index (κ2) is 4.78. The molecular weight excluding hydrogens is 256 g/mol. The third kappa shape index (κ3) is 2.39. The molecule has 0 radical (unpaired) electrons. The molecule has 1 saturated carbocycles. The first-order chi connectivity index (χ1) is 8.40. The van der Waals surface area contributed by atoms with Gasteiger partial charge in [-0.3, -0.25) is 0 Å². The highest BCUT2D eigenvalue weighted by Gasteiger charge is 2.44. The zero-order chi connectivity index (χ0) is 13.4. The molecule has 1 nitrogen and oxygen atoms in total. The van der Waals surface area contributed by atoms with Crippen LogP contribution in [0.1, 0.15) is 36.8 Å². The lowest BCUT2D eigenvalue weighted by atomic mass is 9.68. The Morgan fingerprint density at radius 3 is 2.39 bits per heavy atom. The van der Waals surface area contributed by atoms with Crippen LogP contribution in [0.2, 0.25) is 5.02 Å². The fraction of sp³-hybridized carbons (Fsp3) is 0.571. The van der Waals surface area contributed by atoms with Crippen molar-refractivity contribution >= 4 is 11.6 Å². The van der Waals surface area contributed by atoms with Crippen molar-refractivity contribution in [2.45, 2.75) is 43.9 Å². The van der Waals surface area contributed by atoms with Crippen molar-refractivity contribution in [3.05, 3.63) is 34.3 Å². The van der Waals surface area contributed by atoms with Crippen LogP contribution in [0.4, 0.5) is 8.78 Å². The van der Waals surface area contributed by atoms with Crippen LogP contribution in [0.5, 0.6) is 0 Å². The topological polar surface area (TPSA) is 26.0 Å². The Kier molecular flexibility index (Phi) is 3.65. The van der Waals surface area contributed by atoms with E-state index in [1.165, 1.54) is 0 Å². The van der Waals surface area contributed by atoms with Crippen molar-refractivity contribution in [2.75, 3.05) is 6.54 Å². The van der Waals surface area contributed by atoms with Crippen LogP contribution in [0.3, 0.4) is 0 Å². The Labute approximate surface area is 111 Å². The average Bonchev–Trinajstić information content (AvgIpc) is 2.34. The molecular formula is C14H18ClF2N. The van der Waals surface area contributed by atoms with Gasteiger partial charge in [-0.1, -0.05) is 29.8 Å². The third-order valence-corrected chi connectivity index (χ3v) is 4.59. The molecule has 2 rings (SSSR count). The van der Waals surface area contributed by atoms with Gasteiger partial charge < -0.3 is 5.73 Å². The van der Waals surface area contributed by atoms with Gasteiger partial charge in [-0.2, -0.15) is 0 Å². The van der Waals surface area contributed by atoms with E-state index in [1.54, 1.807) is 0 Å². The molecule has 18 heavy (non-hydrogen) atoms. The quantitative estimate of drug-likeness (QED) is 0.864. The molecule has 0 aromatic heterocycles. The third-order valence-electron chi connectivity index (χ3n) is 4.09. The molecule has 0 aliphatic heterocycles. The maximum Gasteiger partial charge on any atom is 0.248 e. The van der Waals surface area contributed by atoms with E-state index >= 15 is 0 Å². The van der Waals surface area contributed by atoms with Gasteiger partial charge in [0.25, 0.3) is 0 Å². The number of aryl methyl sites for hydroxylation is 1. The Morgan fingerprint density at radius 2 is 1.83 bits per heavy atom. The Hall–Kier alpha value is -0.670. The molecule has 0 atom stereocenters. The number of benzene rings is 1. The minimum absolute atomic E-state index is 0.103. The van der Waals surface area contributed by atoms with E-state index in [-0.39, 0.29) is 18.3 Å². The average molecular weight is 274 g/mol. The van der Waals surface area contributed by atoms with Gasteiger partial charge in [0.15, 0.2) is 0 Å². The van der Waals surface area contributed by atoms with E-state index in [4.69, 9.17) is 17.3 Å². The van der Waals surface area contributed by atoms with E-state index in [1.807, 2.05) is 25.1 Å². The molecule has 0 unspecified atom stereocenters. The molecule has 0 amide bonds. The number of halogens is 3. The molecule has 1 aromatic carbocycles. The second-order valence-corrected chi connectivity index (χ2v) is 5.65. The lowest BCUT2D eigenvalue weighted by Gasteiger charge is -2.40. The SMILES string of the molecule is Cc1cccc(C2(CN)CCC(F)(F)CC2)c1Cl. The highest BCUT2D eigenvalue weighted by molar-refractivity contribution is 6.32. The molecule has 2 N–H and O–H groups in total. The number of nitrogens with two attached hydrogens (primary N) is 1. The van der Waals surface area contributed by atoms with Gasteiger partial charge in [-0.25, -0.2) is 8.78 Å². The lowest BCUT2D eigenvalue weighted by Crippen LogP contribution is -2.42. The highest BCUT2D eigenvalue weighted by Crippen LogP contribution is 2.47. The minimum Gasteiger partial charge on any atom is -0.330 e. The molecule has 1 fully saturated rings. The van der Waals surface area contributed by atoms with E-state index in [0.717, 1.165) is 11.1 Å². The summed E-state index contributed by atoms with van der Waals surface area (Å²) in [5, 5.41) is 0.674. The summed E-state index contributed by atoms with van der Waals surface area (Å²) in [6.07, 6.45) is 0.599. The Balaban J connectivity index is 2.37. The second-order valence-electron chi connectivity index (χ2n) is 5.28. The maximum absolute atomic E-state index is 13.3. The lowest BCUT2D eigenvalue weighted by molar-refractivity contribution is -0.0509. The summed E-state index contributed by atoms with van der Waals surface area (Å²) in [7, 11) is 0. The zero-order valence-corrected chi connectivity index (χ0v) is 11.2. The Bertz CT molecular complexity index is 435. The Morgan fingerprint density at radius 1 is 1.22 bits per heavy atom. The molecule has 4 heteroatoms. The summed E-state index contributed by atoms with van der Waals surface area (Å²) in [5.41, 5.74) is 7.39. The minimum atomic E-state index is -2.55. The van der Waals surface area contributed by atoms with E-state index in [0.29, 0.717) is 24.4 Å². The summed E-state index contributed by atoms with van der Waals surface area (Å²) in [6, 6.07) is 5.76. The van der Waals surface area contributed by atoms with Crippen LogP contribution < -0.4 is 5.73 Å².